The van der Waals surface area contributed by atoms with Gasteiger partial charge in [0, 0.05) is 24.3 Å². The lowest BCUT2D eigenvalue weighted by Gasteiger charge is -2.13. The maximum absolute atomic E-state index is 13.2. The fraction of sp³-hybridized carbons (Fsp3) is 0.438. The number of hydrogen-bond donors (Lipinski definition) is 1. The van der Waals surface area contributed by atoms with E-state index in [1.165, 1.54) is 12.1 Å². The second-order valence-corrected chi connectivity index (χ2v) is 6.58. The van der Waals surface area contributed by atoms with E-state index >= 15 is 0 Å². The Bertz CT molecular complexity index is 750. The van der Waals surface area contributed by atoms with Crippen molar-refractivity contribution in [3.8, 4) is 0 Å². The number of likely N-dealkylation sites (tertiary alicyclic amines) is 1. The van der Waals surface area contributed by atoms with E-state index in [4.69, 9.17) is 17.3 Å². The van der Waals surface area contributed by atoms with Crippen LogP contribution >= 0.6 is 11.6 Å². The number of halogens is 2. The highest BCUT2D eigenvalue weighted by atomic mass is 35.5. The van der Waals surface area contributed by atoms with E-state index in [9.17, 15) is 9.18 Å². The van der Waals surface area contributed by atoms with Crippen molar-refractivity contribution >= 4 is 17.6 Å². The van der Waals surface area contributed by atoms with E-state index in [-0.39, 0.29) is 17.9 Å². The standard InChI is InChI=1S/C16H19ClFN5O/c1-10(14-3-2-12(18)7-15(14)17)23-9-13(20-21-23)6-11-4-5-22(8-11)16(19)24/h2-3,7,9-11H,4-6,8H2,1H3,(H2,19,24)/t10-,11?/m0/s1. The molecule has 1 fully saturated rings. The minimum absolute atomic E-state index is 0.148. The molecule has 6 nitrogen and oxygen atoms in total. The van der Waals surface area contributed by atoms with Gasteiger partial charge in [0.05, 0.1) is 11.7 Å². The van der Waals surface area contributed by atoms with Crippen molar-refractivity contribution in [3.63, 3.8) is 0 Å². The summed E-state index contributed by atoms with van der Waals surface area (Å²) in [7, 11) is 0. The number of carbonyl (C=O) groups excluding carboxylic acids is 1. The van der Waals surface area contributed by atoms with Crippen LogP contribution in [0.1, 0.15) is 30.6 Å². The topological polar surface area (TPSA) is 77.0 Å². The lowest BCUT2D eigenvalue weighted by atomic mass is 10.0. The molecule has 1 saturated heterocycles. The first kappa shape index (κ1) is 16.7. The van der Waals surface area contributed by atoms with Crippen molar-refractivity contribution in [3.05, 3.63) is 46.5 Å². The van der Waals surface area contributed by atoms with Crippen LogP contribution in [0, 0.1) is 11.7 Å². The molecule has 2 aromatic rings. The molecule has 1 aliphatic heterocycles. The number of primary amides is 1. The normalized spacial score (nSPS) is 18.8. The quantitative estimate of drug-likeness (QED) is 0.919. The van der Waals surface area contributed by atoms with E-state index in [0.29, 0.717) is 24.0 Å². The van der Waals surface area contributed by atoms with Gasteiger partial charge in [0.2, 0.25) is 0 Å². The Hall–Kier alpha value is -2.15. The van der Waals surface area contributed by atoms with E-state index in [0.717, 1.165) is 24.1 Å². The van der Waals surface area contributed by atoms with Crippen LogP contribution in [0.2, 0.25) is 5.02 Å². The Morgan fingerprint density at radius 3 is 3.00 bits per heavy atom. The number of carbonyl (C=O) groups is 1. The van der Waals surface area contributed by atoms with Crippen LogP contribution in [-0.2, 0) is 6.42 Å². The molecule has 1 unspecified atom stereocenters. The van der Waals surface area contributed by atoms with Gasteiger partial charge in [-0.1, -0.05) is 22.9 Å². The van der Waals surface area contributed by atoms with Gasteiger partial charge in [0.1, 0.15) is 5.82 Å². The smallest absolute Gasteiger partial charge is 0.314 e. The molecule has 1 aliphatic rings. The molecular weight excluding hydrogens is 333 g/mol. The zero-order valence-corrected chi connectivity index (χ0v) is 14.1. The molecule has 3 rings (SSSR count). The van der Waals surface area contributed by atoms with Crippen molar-refractivity contribution in [1.82, 2.24) is 19.9 Å². The summed E-state index contributed by atoms with van der Waals surface area (Å²) in [6, 6.07) is 3.81. The third-order valence-electron chi connectivity index (χ3n) is 4.46. The molecule has 0 aliphatic carbocycles. The van der Waals surface area contributed by atoms with Gasteiger partial charge >= 0.3 is 6.03 Å². The molecule has 2 N–H and O–H groups in total. The molecule has 1 aromatic carbocycles. The van der Waals surface area contributed by atoms with Gasteiger partial charge < -0.3 is 10.6 Å². The molecule has 2 heterocycles. The fourth-order valence-corrected chi connectivity index (χ4v) is 3.40. The number of rotatable bonds is 4. The van der Waals surface area contributed by atoms with E-state index in [1.54, 1.807) is 15.6 Å². The second-order valence-electron chi connectivity index (χ2n) is 6.17. The third-order valence-corrected chi connectivity index (χ3v) is 4.79. The van der Waals surface area contributed by atoms with Gasteiger partial charge in [-0.2, -0.15) is 0 Å². The number of urea groups is 1. The number of amides is 2. The summed E-state index contributed by atoms with van der Waals surface area (Å²) in [5.41, 5.74) is 6.95. The van der Waals surface area contributed by atoms with Gasteiger partial charge in [-0.3, -0.25) is 0 Å². The summed E-state index contributed by atoms with van der Waals surface area (Å²) < 4.78 is 14.9. The molecule has 2 atom stereocenters. The molecule has 8 heteroatoms. The average Bonchev–Trinajstić information content (AvgIpc) is 3.16. The van der Waals surface area contributed by atoms with Crippen LogP contribution < -0.4 is 5.73 Å². The first-order valence-corrected chi connectivity index (χ1v) is 8.22. The Morgan fingerprint density at radius 1 is 1.54 bits per heavy atom. The monoisotopic (exact) mass is 351 g/mol. The maximum atomic E-state index is 13.2. The van der Waals surface area contributed by atoms with Crippen molar-refractivity contribution in [1.29, 1.82) is 0 Å². The third kappa shape index (κ3) is 3.51. The lowest BCUT2D eigenvalue weighted by molar-refractivity contribution is 0.216. The van der Waals surface area contributed by atoms with Crippen LogP contribution in [0.15, 0.2) is 24.4 Å². The summed E-state index contributed by atoms with van der Waals surface area (Å²) in [5, 5.41) is 8.73. The summed E-state index contributed by atoms with van der Waals surface area (Å²) in [6.45, 7) is 3.28. The van der Waals surface area contributed by atoms with Crippen molar-refractivity contribution in [2.45, 2.75) is 25.8 Å². The zero-order valence-electron chi connectivity index (χ0n) is 13.3. The van der Waals surface area contributed by atoms with Crippen molar-refractivity contribution < 1.29 is 9.18 Å². The van der Waals surface area contributed by atoms with Crippen LogP contribution in [-0.4, -0.2) is 39.0 Å². The highest BCUT2D eigenvalue weighted by Gasteiger charge is 2.26. The van der Waals surface area contributed by atoms with Crippen LogP contribution in [0.3, 0.4) is 0 Å². The van der Waals surface area contributed by atoms with Gasteiger partial charge in [-0.15, -0.1) is 5.10 Å². The van der Waals surface area contributed by atoms with E-state index < -0.39 is 0 Å². The highest BCUT2D eigenvalue weighted by molar-refractivity contribution is 6.31. The van der Waals surface area contributed by atoms with Crippen molar-refractivity contribution in [2.75, 3.05) is 13.1 Å². The predicted octanol–water partition coefficient (Wildman–Crippen LogP) is 2.62. The largest absolute Gasteiger partial charge is 0.351 e. The summed E-state index contributed by atoms with van der Waals surface area (Å²) in [5.74, 6) is -0.0252. The molecule has 24 heavy (non-hydrogen) atoms. The summed E-state index contributed by atoms with van der Waals surface area (Å²) in [4.78, 5) is 12.8. The van der Waals surface area contributed by atoms with Gasteiger partial charge in [0.25, 0.3) is 0 Å². The Labute approximate surface area is 144 Å². The number of nitrogens with two attached hydrogens (primary N) is 1. The van der Waals surface area contributed by atoms with E-state index in [2.05, 4.69) is 10.3 Å². The number of aromatic nitrogens is 3. The summed E-state index contributed by atoms with van der Waals surface area (Å²) >= 11 is 6.11. The van der Waals surface area contributed by atoms with Gasteiger partial charge in [0.15, 0.2) is 0 Å². The van der Waals surface area contributed by atoms with Crippen LogP contribution in [0.4, 0.5) is 9.18 Å². The molecule has 1 aromatic heterocycles. The van der Waals surface area contributed by atoms with Crippen LogP contribution in [0.25, 0.3) is 0 Å². The molecule has 128 valence electrons. The zero-order chi connectivity index (χ0) is 17.3. The fourth-order valence-electron chi connectivity index (χ4n) is 3.07. The minimum Gasteiger partial charge on any atom is -0.351 e. The molecular formula is C16H19ClFN5O. The second kappa shape index (κ2) is 6.76. The Morgan fingerprint density at radius 2 is 2.33 bits per heavy atom. The summed E-state index contributed by atoms with van der Waals surface area (Å²) in [6.07, 6.45) is 3.53. The highest BCUT2D eigenvalue weighted by Crippen LogP contribution is 2.26. The number of benzene rings is 1. The number of nitrogens with zero attached hydrogens (tertiary/aromatic N) is 4. The molecule has 2 amide bonds. The van der Waals surface area contributed by atoms with Crippen molar-refractivity contribution in [2.24, 2.45) is 11.7 Å². The molecule has 0 radical (unpaired) electrons. The predicted molar refractivity (Wildman–Crippen MR) is 88.2 cm³/mol. The van der Waals surface area contributed by atoms with Crippen LogP contribution in [0.5, 0.6) is 0 Å². The Balaban J connectivity index is 1.68. The van der Waals surface area contributed by atoms with Gasteiger partial charge in [-0.25, -0.2) is 13.9 Å². The Kier molecular flexibility index (Phi) is 4.71. The molecule has 0 bridgehead atoms. The first-order valence-electron chi connectivity index (χ1n) is 7.84. The molecule has 0 spiro atoms. The first-order chi connectivity index (χ1) is 11.4. The number of hydrogen-bond acceptors (Lipinski definition) is 3. The lowest BCUT2D eigenvalue weighted by Crippen LogP contribution is -2.33. The van der Waals surface area contributed by atoms with E-state index in [1.807, 2.05) is 13.1 Å². The minimum atomic E-state index is -0.374. The SMILES string of the molecule is C[C@@H](c1ccc(F)cc1Cl)n1cc(CC2CCN(C(N)=O)C2)nn1. The molecule has 0 saturated carbocycles. The van der Waals surface area contributed by atoms with Gasteiger partial charge in [-0.05, 0) is 43.4 Å². The maximum Gasteiger partial charge on any atom is 0.314 e. The average molecular weight is 352 g/mol.